The van der Waals surface area contributed by atoms with Gasteiger partial charge in [0.05, 0.1) is 14.2 Å². The van der Waals surface area contributed by atoms with E-state index >= 15 is 0 Å². The maximum atomic E-state index is 12.4. The lowest BCUT2D eigenvalue weighted by Crippen LogP contribution is -2.26. The van der Waals surface area contributed by atoms with Crippen LogP contribution in [-0.4, -0.2) is 26.7 Å². The first-order valence-electron chi connectivity index (χ1n) is 8.82. The van der Waals surface area contributed by atoms with E-state index in [4.69, 9.17) is 9.47 Å². The summed E-state index contributed by atoms with van der Waals surface area (Å²) in [6, 6.07) is 11.8. The van der Waals surface area contributed by atoms with Crippen LogP contribution in [0.15, 0.2) is 36.4 Å². The molecule has 2 aromatic rings. The standard InChI is InChI=1S/C21H25NO3/c1-24-19-10-9-16(20(14-19)25-2)11-12-22-21(23)18-8-7-15-5-3-4-6-17(15)13-18/h7-10,13-14H,3-6,11-12H2,1-2H3,(H,22,23). The summed E-state index contributed by atoms with van der Waals surface area (Å²) >= 11 is 0. The maximum Gasteiger partial charge on any atom is 0.251 e. The van der Waals surface area contributed by atoms with Crippen LogP contribution in [0, 0.1) is 0 Å². The van der Waals surface area contributed by atoms with Crippen LogP contribution >= 0.6 is 0 Å². The van der Waals surface area contributed by atoms with Gasteiger partial charge in [-0.3, -0.25) is 4.79 Å². The fourth-order valence-electron chi connectivity index (χ4n) is 3.35. The summed E-state index contributed by atoms with van der Waals surface area (Å²) in [6.45, 7) is 0.568. The fraction of sp³-hybridized carbons (Fsp3) is 0.381. The molecule has 4 nitrogen and oxygen atoms in total. The minimum absolute atomic E-state index is 0.0131. The van der Waals surface area contributed by atoms with Crippen LogP contribution in [0.1, 0.15) is 39.9 Å². The molecular weight excluding hydrogens is 314 g/mol. The van der Waals surface area contributed by atoms with Crippen molar-refractivity contribution in [1.29, 1.82) is 0 Å². The number of rotatable bonds is 6. The van der Waals surface area contributed by atoms with Crippen molar-refractivity contribution >= 4 is 5.91 Å². The van der Waals surface area contributed by atoms with Gasteiger partial charge < -0.3 is 14.8 Å². The van der Waals surface area contributed by atoms with Gasteiger partial charge in [-0.05, 0) is 67.0 Å². The largest absolute Gasteiger partial charge is 0.497 e. The summed E-state index contributed by atoms with van der Waals surface area (Å²) in [4.78, 5) is 12.4. The zero-order chi connectivity index (χ0) is 17.6. The number of methoxy groups -OCH3 is 2. The van der Waals surface area contributed by atoms with Crippen LogP contribution in [0.5, 0.6) is 11.5 Å². The maximum absolute atomic E-state index is 12.4. The number of ether oxygens (including phenoxy) is 2. The van der Waals surface area contributed by atoms with Crippen molar-refractivity contribution in [2.75, 3.05) is 20.8 Å². The quantitative estimate of drug-likeness (QED) is 0.875. The highest BCUT2D eigenvalue weighted by molar-refractivity contribution is 5.94. The highest BCUT2D eigenvalue weighted by Crippen LogP contribution is 2.25. The smallest absolute Gasteiger partial charge is 0.251 e. The Morgan fingerprint density at radius 3 is 2.56 bits per heavy atom. The number of nitrogens with one attached hydrogen (secondary N) is 1. The Balaban J connectivity index is 1.59. The van der Waals surface area contributed by atoms with E-state index in [0.29, 0.717) is 13.0 Å². The lowest BCUT2D eigenvalue weighted by atomic mass is 9.90. The molecule has 2 aromatic carbocycles. The van der Waals surface area contributed by atoms with Gasteiger partial charge in [-0.1, -0.05) is 12.1 Å². The predicted molar refractivity (Wildman–Crippen MR) is 98.7 cm³/mol. The number of amides is 1. The third kappa shape index (κ3) is 4.13. The van der Waals surface area contributed by atoms with Gasteiger partial charge in [-0.2, -0.15) is 0 Å². The van der Waals surface area contributed by atoms with Gasteiger partial charge in [0.25, 0.3) is 5.91 Å². The zero-order valence-electron chi connectivity index (χ0n) is 14.9. The third-order valence-electron chi connectivity index (χ3n) is 4.78. The number of benzene rings is 2. The molecule has 0 bridgehead atoms. The molecule has 0 spiro atoms. The molecule has 0 atom stereocenters. The molecule has 1 N–H and O–H groups in total. The number of aryl methyl sites for hydroxylation is 2. The molecule has 25 heavy (non-hydrogen) atoms. The zero-order valence-corrected chi connectivity index (χ0v) is 14.9. The Hall–Kier alpha value is -2.49. The second-order valence-corrected chi connectivity index (χ2v) is 6.37. The summed E-state index contributed by atoms with van der Waals surface area (Å²) in [7, 11) is 3.28. The first-order chi connectivity index (χ1) is 12.2. The van der Waals surface area contributed by atoms with E-state index < -0.39 is 0 Å². The predicted octanol–water partition coefficient (Wildman–Crippen LogP) is 3.56. The summed E-state index contributed by atoms with van der Waals surface area (Å²) in [6.07, 6.45) is 5.40. The van der Waals surface area contributed by atoms with E-state index in [0.717, 1.165) is 35.5 Å². The molecule has 1 aliphatic rings. The van der Waals surface area contributed by atoms with Gasteiger partial charge >= 0.3 is 0 Å². The highest BCUT2D eigenvalue weighted by Gasteiger charge is 2.13. The lowest BCUT2D eigenvalue weighted by Gasteiger charge is -2.16. The van der Waals surface area contributed by atoms with Crippen LogP contribution in [-0.2, 0) is 19.3 Å². The summed E-state index contributed by atoms with van der Waals surface area (Å²) in [5.41, 5.74) is 4.53. The first kappa shape index (κ1) is 17.3. The summed E-state index contributed by atoms with van der Waals surface area (Å²) < 4.78 is 10.6. The summed E-state index contributed by atoms with van der Waals surface area (Å²) in [5, 5.41) is 3.01. The monoisotopic (exact) mass is 339 g/mol. The Morgan fingerprint density at radius 1 is 1.00 bits per heavy atom. The van der Waals surface area contributed by atoms with Crippen LogP contribution in [0.2, 0.25) is 0 Å². The highest BCUT2D eigenvalue weighted by atomic mass is 16.5. The van der Waals surface area contributed by atoms with Gasteiger partial charge in [0.2, 0.25) is 0 Å². The van der Waals surface area contributed by atoms with Gasteiger partial charge in [0.15, 0.2) is 0 Å². The van der Waals surface area contributed by atoms with Gasteiger partial charge in [-0.15, -0.1) is 0 Å². The molecule has 0 saturated carbocycles. The van der Waals surface area contributed by atoms with Crippen molar-refractivity contribution in [2.24, 2.45) is 0 Å². The normalized spacial score (nSPS) is 13.0. The minimum atomic E-state index is -0.0131. The Kier molecular flexibility index (Phi) is 5.59. The van der Waals surface area contributed by atoms with Crippen molar-refractivity contribution < 1.29 is 14.3 Å². The van der Waals surface area contributed by atoms with Crippen LogP contribution in [0.25, 0.3) is 0 Å². The molecule has 3 rings (SSSR count). The van der Waals surface area contributed by atoms with Crippen LogP contribution < -0.4 is 14.8 Å². The van der Waals surface area contributed by atoms with Crippen molar-refractivity contribution in [3.63, 3.8) is 0 Å². The third-order valence-corrected chi connectivity index (χ3v) is 4.78. The topological polar surface area (TPSA) is 47.6 Å². The Labute approximate surface area is 149 Å². The van der Waals surface area contributed by atoms with Gasteiger partial charge in [0, 0.05) is 18.2 Å². The minimum Gasteiger partial charge on any atom is -0.497 e. The van der Waals surface area contributed by atoms with E-state index in [-0.39, 0.29) is 5.91 Å². The molecule has 1 amide bonds. The number of fused-ring (bicyclic) bond motifs is 1. The number of hydrogen-bond acceptors (Lipinski definition) is 3. The van der Waals surface area contributed by atoms with Gasteiger partial charge in [-0.25, -0.2) is 0 Å². The number of carbonyl (C=O) groups is 1. The van der Waals surface area contributed by atoms with E-state index in [1.807, 2.05) is 24.3 Å². The fourth-order valence-corrected chi connectivity index (χ4v) is 3.35. The molecule has 0 aliphatic heterocycles. The molecule has 0 saturated heterocycles. The van der Waals surface area contributed by atoms with Crippen molar-refractivity contribution in [3.05, 3.63) is 58.7 Å². The second-order valence-electron chi connectivity index (χ2n) is 6.37. The molecule has 4 heteroatoms. The molecule has 1 aliphatic carbocycles. The van der Waals surface area contributed by atoms with Gasteiger partial charge in [0.1, 0.15) is 11.5 Å². The van der Waals surface area contributed by atoms with Crippen molar-refractivity contribution in [1.82, 2.24) is 5.32 Å². The Morgan fingerprint density at radius 2 is 1.80 bits per heavy atom. The summed E-state index contributed by atoms with van der Waals surface area (Å²) in [5.74, 6) is 1.53. The van der Waals surface area contributed by atoms with E-state index in [1.165, 1.54) is 24.0 Å². The number of carbonyl (C=O) groups excluding carboxylic acids is 1. The van der Waals surface area contributed by atoms with E-state index in [9.17, 15) is 4.79 Å². The molecule has 0 aromatic heterocycles. The second kappa shape index (κ2) is 8.06. The average Bonchev–Trinajstić information content (AvgIpc) is 2.67. The molecule has 132 valence electrons. The molecule has 0 fully saturated rings. The lowest BCUT2D eigenvalue weighted by molar-refractivity contribution is 0.0954. The Bertz CT molecular complexity index is 755. The van der Waals surface area contributed by atoms with Crippen molar-refractivity contribution in [2.45, 2.75) is 32.1 Å². The molecule has 0 radical (unpaired) electrons. The molecule has 0 heterocycles. The van der Waals surface area contributed by atoms with E-state index in [1.54, 1.807) is 14.2 Å². The number of hydrogen-bond donors (Lipinski definition) is 1. The SMILES string of the molecule is COc1ccc(CCNC(=O)c2ccc3c(c2)CCCC3)c(OC)c1. The van der Waals surface area contributed by atoms with Crippen molar-refractivity contribution in [3.8, 4) is 11.5 Å². The van der Waals surface area contributed by atoms with Crippen LogP contribution in [0.4, 0.5) is 0 Å². The average molecular weight is 339 g/mol. The van der Waals surface area contributed by atoms with Crippen LogP contribution in [0.3, 0.4) is 0 Å². The molecular formula is C21H25NO3. The first-order valence-corrected chi connectivity index (χ1v) is 8.82. The molecule has 0 unspecified atom stereocenters. The van der Waals surface area contributed by atoms with E-state index in [2.05, 4.69) is 17.4 Å².